The van der Waals surface area contributed by atoms with Gasteiger partial charge in [-0.2, -0.15) is 5.26 Å². The van der Waals surface area contributed by atoms with E-state index in [-0.39, 0.29) is 6.42 Å². The van der Waals surface area contributed by atoms with Gasteiger partial charge in [-0.1, -0.05) is 36.2 Å². The Morgan fingerprint density at radius 3 is 2.79 bits per heavy atom. The van der Waals surface area contributed by atoms with Crippen molar-refractivity contribution < 1.29 is 14.3 Å². The second-order valence-corrected chi connectivity index (χ2v) is 8.28. The highest BCUT2D eigenvalue weighted by Gasteiger charge is 2.24. The van der Waals surface area contributed by atoms with Gasteiger partial charge in [0.05, 0.1) is 12.0 Å². The highest BCUT2D eigenvalue weighted by Crippen LogP contribution is 2.37. The fourth-order valence-corrected chi connectivity index (χ4v) is 4.70. The van der Waals surface area contributed by atoms with Crippen LogP contribution in [0.5, 0.6) is 0 Å². The predicted octanol–water partition coefficient (Wildman–Crippen LogP) is 4.65. The minimum Gasteiger partial charge on any atom is -0.452 e. The molecule has 1 aromatic carbocycles. The average molecular weight is 417 g/mol. The molecule has 0 aliphatic heterocycles. The van der Waals surface area contributed by atoms with Crippen molar-refractivity contribution in [3.63, 3.8) is 0 Å². The second kappa shape index (κ2) is 9.22. The molecule has 0 fully saturated rings. The molecular weight excluding hydrogens is 396 g/mol. The zero-order valence-electron chi connectivity index (χ0n) is 15.6. The SMILES string of the molecule is C[C@H](OC(=O)Cc1ccccc1Cl)C(=O)Nc1sc2c(c1C#N)CCCCC2. The number of anilines is 1. The predicted molar refractivity (Wildman–Crippen MR) is 110 cm³/mol. The van der Waals surface area contributed by atoms with Crippen LogP contribution in [0.3, 0.4) is 0 Å². The van der Waals surface area contributed by atoms with E-state index in [1.165, 1.54) is 23.1 Å². The molecule has 1 heterocycles. The number of nitriles is 1. The first-order chi connectivity index (χ1) is 13.5. The fraction of sp³-hybridized carbons (Fsp3) is 0.381. The molecule has 5 nitrogen and oxygen atoms in total. The van der Waals surface area contributed by atoms with Crippen LogP contribution in [0.25, 0.3) is 0 Å². The molecule has 0 spiro atoms. The van der Waals surface area contributed by atoms with Gasteiger partial charge >= 0.3 is 5.97 Å². The quantitative estimate of drug-likeness (QED) is 0.568. The lowest BCUT2D eigenvalue weighted by atomic mass is 10.1. The monoisotopic (exact) mass is 416 g/mol. The number of carbonyl (C=O) groups is 2. The van der Waals surface area contributed by atoms with Gasteiger partial charge in [0.1, 0.15) is 11.1 Å². The zero-order valence-corrected chi connectivity index (χ0v) is 17.2. The Hall–Kier alpha value is -2.36. The number of rotatable bonds is 5. The van der Waals surface area contributed by atoms with Crippen molar-refractivity contribution in [1.82, 2.24) is 0 Å². The van der Waals surface area contributed by atoms with Gasteiger partial charge in [0.15, 0.2) is 6.10 Å². The maximum Gasteiger partial charge on any atom is 0.311 e. The standard InChI is InChI=1S/C21H21ClN2O3S/c1-13(27-19(25)11-14-7-5-6-9-17(14)22)20(26)24-21-16(12-23)15-8-3-2-4-10-18(15)28-21/h5-7,9,13H,2-4,8,10-11H2,1H3,(H,24,26)/t13-/m0/s1. The smallest absolute Gasteiger partial charge is 0.311 e. The van der Waals surface area contributed by atoms with E-state index < -0.39 is 18.0 Å². The molecule has 0 unspecified atom stereocenters. The van der Waals surface area contributed by atoms with Crippen LogP contribution in [0.2, 0.25) is 5.02 Å². The molecule has 7 heteroatoms. The summed E-state index contributed by atoms with van der Waals surface area (Å²) in [5.41, 5.74) is 2.25. The van der Waals surface area contributed by atoms with E-state index in [0.717, 1.165) is 37.7 Å². The van der Waals surface area contributed by atoms with Gasteiger partial charge in [-0.05, 0) is 49.8 Å². The van der Waals surface area contributed by atoms with E-state index in [9.17, 15) is 14.9 Å². The van der Waals surface area contributed by atoms with E-state index >= 15 is 0 Å². The van der Waals surface area contributed by atoms with Gasteiger partial charge in [0, 0.05) is 9.90 Å². The second-order valence-electron chi connectivity index (χ2n) is 6.77. The van der Waals surface area contributed by atoms with Gasteiger partial charge in [0.25, 0.3) is 5.91 Å². The Morgan fingerprint density at radius 2 is 2.04 bits per heavy atom. The van der Waals surface area contributed by atoms with Gasteiger partial charge in [-0.3, -0.25) is 9.59 Å². The highest BCUT2D eigenvalue weighted by atomic mass is 35.5. The number of nitrogens with one attached hydrogen (secondary N) is 1. The van der Waals surface area contributed by atoms with Crippen molar-refractivity contribution in [3.8, 4) is 6.07 Å². The Bertz CT molecular complexity index is 932. The van der Waals surface area contributed by atoms with Crippen LogP contribution in [-0.4, -0.2) is 18.0 Å². The first kappa shape index (κ1) is 20.4. The average Bonchev–Trinajstić information content (AvgIpc) is 2.83. The third-order valence-corrected chi connectivity index (χ3v) is 6.32. The molecule has 1 amide bonds. The van der Waals surface area contributed by atoms with E-state index in [4.69, 9.17) is 16.3 Å². The fourth-order valence-electron chi connectivity index (χ4n) is 3.25. The van der Waals surface area contributed by atoms with Crippen molar-refractivity contribution in [3.05, 3.63) is 50.9 Å². The van der Waals surface area contributed by atoms with Crippen molar-refractivity contribution in [1.29, 1.82) is 5.26 Å². The van der Waals surface area contributed by atoms with Gasteiger partial charge in [-0.25, -0.2) is 0 Å². The number of hydrogen-bond donors (Lipinski definition) is 1. The molecule has 0 radical (unpaired) electrons. The normalized spacial score (nSPS) is 14.3. The van der Waals surface area contributed by atoms with Crippen LogP contribution in [0.1, 0.15) is 47.8 Å². The zero-order chi connectivity index (χ0) is 20.1. The Labute approximate surface area is 173 Å². The molecule has 1 aliphatic carbocycles. The summed E-state index contributed by atoms with van der Waals surface area (Å²) in [5.74, 6) is -0.973. The van der Waals surface area contributed by atoms with Crippen LogP contribution >= 0.6 is 22.9 Å². The van der Waals surface area contributed by atoms with E-state index in [1.54, 1.807) is 24.3 Å². The number of benzene rings is 1. The molecule has 1 aliphatic rings. The summed E-state index contributed by atoms with van der Waals surface area (Å²) in [6.07, 6.45) is 4.15. The largest absolute Gasteiger partial charge is 0.452 e. The maximum absolute atomic E-state index is 12.5. The summed E-state index contributed by atoms with van der Waals surface area (Å²) in [6, 6.07) is 9.24. The number of thiophene rings is 1. The van der Waals surface area contributed by atoms with E-state index in [2.05, 4.69) is 11.4 Å². The maximum atomic E-state index is 12.5. The number of ether oxygens (including phenoxy) is 1. The molecule has 0 saturated carbocycles. The van der Waals surface area contributed by atoms with E-state index in [0.29, 0.717) is 21.2 Å². The summed E-state index contributed by atoms with van der Waals surface area (Å²) in [4.78, 5) is 25.8. The number of carbonyl (C=O) groups excluding carboxylic acids is 2. The molecule has 146 valence electrons. The van der Waals surface area contributed by atoms with Crippen LogP contribution in [0.15, 0.2) is 24.3 Å². The van der Waals surface area contributed by atoms with Gasteiger partial charge in [-0.15, -0.1) is 11.3 Å². The lowest BCUT2D eigenvalue weighted by Crippen LogP contribution is -2.30. The van der Waals surface area contributed by atoms with Crippen molar-refractivity contribution in [2.45, 2.75) is 51.6 Å². The molecule has 3 rings (SSSR count). The number of amides is 1. The highest BCUT2D eigenvalue weighted by molar-refractivity contribution is 7.16. The number of esters is 1. The van der Waals surface area contributed by atoms with Crippen LogP contribution < -0.4 is 5.32 Å². The molecule has 0 saturated heterocycles. The third-order valence-electron chi connectivity index (χ3n) is 4.74. The van der Waals surface area contributed by atoms with Crippen molar-refractivity contribution in [2.75, 3.05) is 5.32 Å². The van der Waals surface area contributed by atoms with Crippen LogP contribution in [0.4, 0.5) is 5.00 Å². The van der Waals surface area contributed by atoms with E-state index in [1.807, 2.05) is 0 Å². The van der Waals surface area contributed by atoms with Gasteiger partial charge < -0.3 is 10.1 Å². The first-order valence-corrected chi connectivity index (χ1v) is 10.5. The number of hydrogen-bond acceptors (Lipinski definition) is 5. The summed E-state index contributed by atoms with van der Waals surface area (Å²) in [6.45, 7) is 1.52. The van der Waals surface area contributed by atoms with Gasteiger partial charge in [0.2, 0.25) is 0 Å². The molecule has 1 atom stereocenters. The molecule has 1 N–H and O–H groups in total. The summed E-state index contributed by atoms with van der Waals surface area (Å²) >= 11 is 7.51. The van der Waals surface area contributed by atoms with Crippen molar-refractivity contribution in [2.24, 2.45) is 0 Å². The summed E-state index contributed by atoms with van der Waals surface area (Å²) in [5, 5.41) is 13.4. The van der Waals surface area contributed by atoms with Crippen LogP contribution in [-0.2, 0) is 33.6 Å². The Balaban J connectivity index is 1.64. The topological polar surface area (TPSA) is 79.2 Å². The van der Waals surface area contributed by atoms with Crippen molar-refractivity contribution >= 4 is 39.8 Å². The number of nitrogens with zero attached hydrogens (tertiary/aromatic N) is 1. The molecule has 2 aromatic rings. The van der Waals surface area contributed by atoms with Crippen LogP contribution in [0, 0.1) is 11.3 Å². The third kappa shape index (κ3) is 4.73. The molecule has 0 bridgehead atoms. The lowest BCUT2D eigenvalue weighted by Gasteiger charge is -2.13. The molecule has 28 heavy (non-hydrogen) atoms. The first-order valence-electron chi connectivity index (χ1n) is 9.28. The lowest BCUT2D eigenvalue weighted by molar-refractivity contribution is -0.152. The minimum absolute atomic E-state index is 0.00592. The number of halogens is 1. The summed E-state index contributed by atoms with van der Waals surface area (Å²) in [7, 11) is 0. The summed E-state index contributed by atoms with van der Waals surface area (Å²) < 4.78 is 5.25. The number of fused-ring (bicyclic) bond motifs is 1. The Kier molecular flexibility index (Phi) is 6.71. The minimum atomic E-state index is -0.969. The molecular formula is C21H21ClN2O3S. The Morgan fingerprint density at radius 1 is 1.29 bits per heavy atom. The number of aryl methyl sites for hydroxylation is 1. The molecule has 1 aromatic heterocycles.